The fourth-order valence-electron chi connectivity index (χ4n) is 1.58. The average Bonchev–Trinajstić information content (AvgIpc) is 2.37. The molecule has 7 heteroatoms. The molecule has 1 aromatic rings. The van der Waals surface area contributed by atoms with Crippen LogP contribution in [0.25, 0.3) is 0 Å². The molecule has 0 aliphatic carbocycles. The van der Waals surface area contributed by atoms with Gasteiger partial charge >= 0.3 is 0 Å². The predicted molar refractivity (Wildman–Crippen MR) is 79.7 cm³/mol. The topological polar surface area (TPSA) is 98.3 Å². The first-order chi connectivity index (χ1) is 8.82. The Morgan fingerprint density at radius 3 is 2.15 bits per heavy atom. The lowest BCUT2D eigenvalue weighted by atomic mass is 10.0. The number of hydrogen-bond donors (Lipinski definition) is 2. The van der Waals surface area contributed by atoms with E-state index >= 15 is 0 Å². The summed E-state index contributed by atoms with van der Waals surface area (Å²) in [6.07, 6.45) is 0. The van der Waals surface area contributed by atoms with Crippen LogP contribution in [0.2, 0.25) is 0 Å². The fraction of sp³-hybridized carbons (Fsp3) is 0.462. The minimum Gasteiger partial charge on any atom is -0.348 e. The van der Waals surface area contributed by atoms with Crippen molar-refractivity contribution in [3.8, 4) is 0 Å². The van der Waals surface area contributed by atoms with E-state index < -0.39 is 11.0 Å². The van der Waals surface area contributed by atoms with Crippen molar-refractivity contribution in [3.05, 3.63) is 39.9 Å². The van der Waals surface area contributed by atoms with Gasteiger partial charge in [-0.3, -0.25) is 14.9 Å². The lowest BCUT2D eigenvalue weighted by Gasteiger charge is -2.19. The smallest absolute Gasteiger partial charge is 0.269 e. The zero-order chi connectivity index (χ0) is 14.6. The highest BCUT2D eigenvalue weighted by Gasteiger charge is 2.19. The third kappa shape index (κ3) is 4.79. The Balaban J connectivity index is 0.00000361. The van der Waals surface area contributed by atoms with Crippen LogP contribution in [0.1, 0.15) is 32.4 Å². The van der Waals surface area contributed by atoms with Crippen molar-refractivity contribution < 1.29 is 9.72 Å². The SMILES string of the molecule is CC(C)[C@@H](N)C(=O)N[C@H](C)c1ccc([N+](=O)[O-])cc1.Cl. The minimum atomic E-state index is -0.555. The summed E-state index contributed by atoms with van der Waals surface area (Å²) in [4.78, 5) is 21.9. The number of rotatable bonds is 5. The maximum atomic E-state index is 11.8. The second kappa shape index (κ2) is 7.81. The summed E-state index contributed by atoms with van der Waals surface area (Å²) in [6.45, 7) is 5.56. The summed E-state index contributed by atoms with van der Waals surface area (Å²) < 4.78 is 0. The Kier molecular flexibility index (Phi) is 7.17. The van der Waals surface area contributed by atoms with Crippen molar-refractivity contribution in [2.45, 2.75) is 32.9 Å². The van der Waals surface area contributed by atoms with E-state index in [1.807, 2.05) is 20.8 Å². The Morgan fingerprint density at radius 1 is 1.25 bits per heavy atom. The third-order valence-corrected chi connectivity index (χ3v) is 2.98. The summed E-state index contributed by atoms with van der Waals surface area (Å²) in [5.41, 5.74) is 6.58. The third-order valence-electron chi connectivity index (χ3n) is 2.98. The van der Waals surface area contributed by atoms with E-state index in [4.69, 9.17) is 5.73 Å². The number of halogens is 1. The van der Waals surface area contributed by atoms with Gasteiger partial charge in [0.1, 0.15) is 0 Å². The fourth-order valence-corrected chi connectivity index (χ4v) is 1.58. The first-order valence-electron chi connectivity index (χ1n) is 6.13. The number of nitrogens with one attached hydrogen (secondary N) is 1. The molecule has 3 N–H and O–H groups in total. The van der Waals surface area contributed by atoms with Gasteiger partial charge in [0.2, 0.25) is 5.91 Å². The standard InChI is InChI=1S/C13H19N3O3.ClH/c1-8(2)12(14)13(17)15-9(3)10-4-6-11(7-5-10)16(18)19;/h4-9,12H,14H2,1-3H3,(H,15,17);1H/t9-,12-;/m1./s1. The van der Waals surface area contributed by atoms with E-state index in [0.29, 0.717) is 0 Å². The zero-order valence-corrected chi connectivity index (χ0v) is 12.5. The molecule has 0 fully saturated rings. The molecule has 0 aliphatic heterocycles. The zero-order valence-electron chi connectivity index (χ0n) is 11.7. The molecule has 20 heavy (non-hydrogen) atoms. The molecule has 0 saturated carbocycles. The van der Waals surface area contributed by atoms with E-state index in [0.717, 1.165) is 5.56 Å². The number of nitrogens with zero attached hydrogens (tertiary/aromatic N) is 1. The lowest BCUT2D eigenvalue weighted by Crippen LogP contribution is -2.44. The molecular formula is C13H20ClN3O3. The highest BCUT2D eigenvalue weighted by atomic mass is 35.5. The summed E-state index contributed by atoms with van der Waals surface area (Å²) in [7, 11) is 0. The van der Waals surface area contributed by atoms with Crippen molar-refractivity contribution in [3.63, 3.8) is 0 Å². The number of non-ortho nitro benzene ring substituents is 1. The molecule has 0 bridgehead atoms. The molecule has 0 spiro atoms. The van der Waals surface area contributed by atoms with Crippen molar-refractivity contribution in [2.24, 2.45) is 11.7 Å². The molecule has 6 nitrogen and oxygen atoms in total. The van der Waals surface area contributed by atoms with Crippen LogP contribution in [0.4, 0.5) is 5.69 Å². The summed E-state index contributed by atoms with van der Waals surface area (Å²) >= 11 is 0. The van der Waals surface area contributed by atoms with E-state index in [-0.39, 0.29) is 36.0 Å². The first kappa shape index (κ1) is 18.3. The van der Waals surface area contributed by atoms with Crippen LogP contribution in [0, 0.1) is 16.0 Å². The number of hydrogen-bond acceptors (Lipinski definition) is 4. The average molecular weight is 302 g/mol. The number of carbonyl (C=O) groups is 1. The van der Waals surface area contributed by atoms with Crippen LogP contribution in [-0.4, -0.2) is 16.9 Å². The van der Waals surface area contributed by atoms with Gasteiger partial charge in [0.05, 0.1) is 17.0 Å². The van der Waals surface area contributed by atoms with Gasteiger partial charge in [-0.15, -0.1) is 12.4 Å². The van der Waals surface area contributed by atoms with Gasteiger partial charge in [-0.1, -0.05) is 26.0 Å². The Morgan fingerprint density at radius 2 is 1.75 bits per heavy atom. The molecule has 1 rings (SSSR count). The molecule has 0 saturated heterocycles. The second-order valence-corrected chi connectivity index (χ2v) is 4.85. The Hall–Kier alpha value is -1.66. The highest BCUT2D eigenvalue weighted by molar-refractivity contribution is 5.85. The normalized spacial score (nSPS) is 13.2. The maximum absolute atomic E-state index is 11.8. The van der Waals surface area contributed by atoms with Gasteiger partial charge in [0.15, 0.2) is 0 Å². The molecule has 0 aliphatic rings. The largest absolute Gasteiger partial charge is 0.348 e. The maximum Gasteiger partial charge on any atom is 0.269 e. The van der Waals surface area contributed by atoms with Crippen LogP contribution >= 0.6 is 12.4 Å². The first-order valence-corrected chi connectivity index (χ1v) is 6.13. The van der Waals surface area contributed by atoms with E-state index in [1.165, 1.54) is 12.1 Å². The summed E-state index contributed by atoms with van der Waals surface area (Å²) in [5.74, 6) is -0.162. The van der Waals surface area contributed by atoms with Gasteiger partial charge in [-0.25, -0.2) is 0 Å². The van der Waals surface area contributed by atoms with Crippen LogP contribution < -0.4 is 11.1 Å². The monoisotopic (exact) mass is 301 g/mol. The van der Waals surface area contributed by atoms with Crippen molar-refractivity contribution in [1.29, 1.82) is 0 Å². The molecule has 112 valence electrons. The molecule has 0 aromatic heterocycles. The number of amides is 1. The van der Waals surface area contributed by atoms with Crippen LogP contribution in [0.15, 0.2) is 24.3 Å². The van der Waals surface area contributed by atoms with Gasteiger partial charge in [0, 0.05) is 12.1 Å². The number of benzene rings is 1. The van der Waals surface area contributed by atoms with E-state index in [9.17, 15) is 14.9 Å². The molecule has 2 atom stereocenters. The molecular weight excluding hydrogens is 282 g/mol. The molecule has 0 radical (unpaired) electrons. The van der Waals surface area contributed by atoms with Crippen LogP contribution in [0.3, 0.4) is 0 Å². The van der Waals surface area contributed by atoms with Crippen LogP contribution in [0.5, 0.6) is 0 Å². The van der Waals surface area contributed by atoms with Crippen LogP contribution in [-0.2, 0) is 4.79 Å². The molecule has 0 unspecified atom stereocenters. The van der Waals surface area contributed by atoms with E-state index in [1.54, 1.807) is 12.1 Å². The number of carbonyl (C=O) groups excluding carboxylic acids is 1. The lowest BCUT2D eigenvalue weighted by molar-refractivity contribution is -0.384. The minimum absolute atomic E-state index is 0. The predicted octanol–water partition coefficient (Wildman–Crippen LogP) is 2.18. The Bertz CT molecular complexity index is 462. The highest BCUT2D eigenvalue weighted by Crippen LogP contribution is 2.17. The van der Waals surface area contributed by atoms with Gasteiger partial charge in [-0.05, 0) is 18.4 Å². The summed E-state index contributed by atoms with van der Waals surface area (Å²) in [5, 5.41) is 13.3. The number of nitro groups is 1. The molecule has 1 amide bonds. The van der Waals surface area contributed by atoms with Gasteiger partial charge in [0.25, 0.3) is 5.69 Å². The van der Waals surface area contributed by atoms with Crippen molar-refractivity contribution >= 4 is 24.0 Å². The van der Waals surface area contributed by atoms with E-state index in [2.05, 4.69) is 5.32 Å². The van der Waals surface area contributed by atoms with Crippen molar-refractivity contribution in [1.82, 2.24) is 5.32 Å². The van der Waals surface area contributed by atoms with Crippen molar-refractivity contribution in [2.75, 3.05) is 0 Å². The second-order valence-electron chi connectivity index (χ2n) is 4.85. The number of nitro benzene ring substituents is 1. The quantitative estimate of drug-likeness (QED) is 0.643. The van der Waals surface area contributed by atoms with Gasteiger partial charge < -0.3 is 11.1 Å². The number of nitrogens with two attached hydrogens (primary N) is 1. The Labute approximate surface area is 124 Å². The molecule has 1 aromatic carbocycles. The molecule has 0 heterocycles. The summed E-state index contributed by atoms with van der Waals surface area (Å²) in [6, 6.07) is 5.30. The van der Waals surface area contributed by atoms with Gasteiger partial charge in [-0.2, -0.15) is 0 Å².